The van der Waals surface area contributed by atoms with E-state index in [9.17, 15) is 9.90 Å². The van der Waals surface area contributed by atoms with Crippen LogP contribution in [0.3, 0.4) is 0 Å². The molecule has 0 aromatic carbocycles. The molecular formula is C16H23N7O2. The summed E-state index contributed by atoms with van der Waals surface area (Å²) in [5.74, 6) is -0.346. The number of aliphatic hydroxyl groups is 1. The molecule has 1 aliphatic rings. The third-order valence-electron chi connectivity index (χ3n) is 4.17. The van der Waals surface area contributed by atoms with Gasteiger partial charge in [-0.25, -0.2) is 0 Å². The quantitative estimate of drug-likeness (QED) is 0.593. The van der Waals surface area contributed by atoms with Gasteiger partial charge in [-0.3, -0.25) is 19.4 Å². The molecule has 0 saturated carbocycles. The van der Waals surface area contributed by atoms with E-state index in [1.54, 1.807) is 35.4 Å². The highest BCUT2D eigenvalue weighted by molar-refractivity contribution is 5.91. The van der Waals surface area contributed by atoms with E-state index in [1.165, 1.54) is 0 Å². The first kappa shape index (κ1) is 17.5. The van der Waals surface area contributed by atoms with Crippen LogP contribution < -0.4 is 10.6 Å². The number of carbonyl (C=O) groups is 1. The predicted molar refractivity (Wildman–Crippen MR) is 90.9 cm³/mol. The van der Waals surface area contributed by atoms with Gasteiger partial charge in [0.2, 0.25) is 0 Å². The van der Waals surface area contributed by atoms with Gasteiger partial charge in [-0.15, -0.1) is 5.10 Å². The van der Waals surface area contributed by atoms with Crippen LogP contribution in [-0.4, -0.2) is 75.2 Å². The molecule has 0 spiro atoms. The Kier molecular flexibility index (Phi) is 6.04. The molecule has 2 aromatic rings. The van der Waals surface area contributed by atoms with E-state index in [4.69, 9.17) is 0 Å². The van der Waals surface area contributed by atoms with Crippen LogP contribution in [0.25, 0.3) is 0 Å². The normalized spacial score (nSPS) is 16.5. The highest BCUT2D eigenvalue weighted by Crippen LogP contribution is 2.09. The first-order valence-corrected chi connectivity index (χ1v) is 8.42. The largest absolute Gasteiger partial charge is 0.387 e. The summed E-state index contributed by atoms with van der Waals surface area (Å²) in [6.07, 6.45) is 4.06. The first-order chi connectivity index (χ1) is 12.2. The van der Waals surface area contributed by atoms with E-state index in [0.717, 1.165) is 32.7 Å². The second-order valence-electron chi connectivity index (χ2n) is 5.96. The monoisotopic (exact) mass is 345 g/mol. The van der Waals surface area contributed by atoms with E-state index in [-0.39, 0.29) is 18.1 Å². The maximum Gasteiger partial charge on any atom is 0.273 e. The SMILES string of the molecule is O=C(NC[C@@H](O)c1ccncc1)c1cn(CCN2CCNCC2)nn1. The van der Waals surface area contributed by atoms with Gasteiger partial charge in [0.05, 0.1) is 18.8 Å². The number of pyridine rings is 1. The molecule has 3 heterocycles. The summed E-state index contributed by atoms with van der Waals surface area (Å²) in [7, 11) is 0. The lowest BCUT2D eigenvalue weighted by molar-refractivity contribution is 0.0911. The van der Waals surface area contributed by atoms with Crippen LogP contribution in [0.1, 0.15) is 22.2 Å². The molecule has 134 valence electrons. The topological polar surface area (TPSA) is 108 Å². The molecule has 3 N–H and O–H groups in total. The summed E-state index contributed by atoms with van der Waals surface area (Å²) in [6, 6.07) is 3.42. The number of carbonyl (C=O) groups excluding carboxylic acids is 1. The van der Waals surface area contributed by atoms with Crippen molar-refractivity contribution in [3.63, 3.8) is 0 Å². The van der Waals surface area contributed by atoms with Crippen molar-refractivity contribution in [2.45, 2.75) is 12.6 Å². The zero-order chi connectivity index (χ0) is 17.5. The number of piperazine rings is 1. The van der Waals surface area contributed by atoms with Crippen molar-refractivity contribution in [3.05, 3.63) is 42.0 Å². The number of nitrogens with one attached hydrogen (secondary N) is 2. The van der Waals surface area contributed by atoms with Gasteiger partial charge in [0, 0.05) is 51.7 Å². The second kappa shape index (κ2) is 8.65. The van der Waals surface area contributed by atoms with Crippen LogP contribution in [-0.2, 0) is 6.54 Å². The third kappa shape index (κ3) is 5.05. The lowest BCUT2D eigenvalue weighted by Crippen LogP contribution is -2.44. The number of hydrogen-bond acceptors (Lipinski definition) is 7. The summed E-state index contributed by atoms with van der Waals surface area (Å²) >= 11 is 0. The number of aromatic nitrogens is 4. The van der Waals surface area contributed by atoms with Gasteiger partial charge in [-0.1, -0.05) is 5.21 Å². The van der Waals surface area contributed by atoms with Gasteiger partial charge in [0.15, 0.2) is 5.69 Å². The van der Waals surface area contributed by atoms with Crippen molar-refractivity contribution in [1.29, 1.82) is 0 Å². The molecule has 2 aromatic heterocycles. The van der Waals surface area contributed by atoms with Gasteiger partial charge in [0.1, 0.15) is 0 Å². The Labute approximate surface area is 146 Å². The highest BCUT2D eigenvalue weighted by Gasteiger charge is 2.14. The first-order valence-electron chi connectivity index (χ1n) is 8.42. The number of hydrogen-bond donors (Lipinski definition) is 3. The summed E-state index contributed by atoms with van der Waals surface area (Å²) in [6.45, 7) is 5.74. The van der Waals surface area contributed by atoms with Crippen LogP contribution in [0.5, 0.6) is 0 Å². The fraction of sp³-hybridized carbons (Fsp3) is 0.500. The number of rotatable bonds is 7. The van der Waals surface area contributed by atoms with Gasteiger partial charge in [0.25, 0.3) is 5.91 Å². The van der Waals surface area contributed by atoms with Crippen LogP contribution in [0, 0.1) is 0 Å². The van der Waals surface area contributed by atoms with Crippen LogP contribution >= 0.6 is 0 Å². The van der Waals surface area contributed by atoms with Crippen LogP contribution in [0.2, 0.25) is 0 Å². The zero-order valence-corrected chi connectivity index (χ0v) is 14.0. The lowest BCUT2D eigenvalue weighted by Gasteiger charge is -2.26. The van der Waals surface area contributed by atoms with Crippen LogP contribution in [0.4, 0.5) is 0 Å². The van der Waals surface area contributed by atoms with E-state index < -0.39 is 6.10 Å². The van der Waals surface area contributed by atoms with Crippen molar-refractivity contribution in [3.8, 4) is 0 Å². The Morgan fingerprint density at radius 2 is 2.04 bits per heavy atom. The summed E-state index contributed by atoms with van der Waals surface area (Å²) < 4.78 is 1.68. The summed E-state index contributed by atoms with van der Waals surface area (Å²) in [5, 5.41) is 24.0. The smallest absolute Gasteiger partial charge is 0.273 e. The molecule has 0 bridgehead atoms. The fourth-order valence-electron chi connectivity index (χ4n) is 2.67. The molecule has 25 heavy (non-hydrogen) atoms. The van der Waals surface area contributed by atoms with Crippen molar-refractivity contribution in [2.24, 2.45) is 0 Å². The van der Waals surface area contributed by atoms with E-state index in [2.05, 4.69) is 30.8 Å². The number of aliphatic hydroxyl groups excluding tert-OH is 1. The third-order valence-corrected chi connectivity index (χ3v) is 4.17. The minimum Gasteiger partial charge on any atom is -0.387 e. The van der Waals surface area contributed by atoms with E-state index in [1.807, 2.05) is 0 Å². The maximum absolute atomic E-state index is 12.1. The molecule has 1 amide bonds. The van der Waals surface area contributed by atoms with Crippen molar-refractivity contribution < 1.29 is 9.90 Å². The zero-order valence-electron chi connectivity index (χ0n) is 14.0. The van der Waals surface area contributed by atoms with Gasteiger partial charge in [-0.2, -0.15) is 0 Å². The minimum absolute atomic E-state index is 0.108. The highest BCUT2D eigenvalue weighted by atomic mass is 16.3. The standard InChI is InChI=1S/C16H23N7O2/c24-15(13-1-3-17-4-2-13)11-19-16(25)14-12-23(21-20-14)10-9-22-7-5-18-6-8-22/h1-4,12,15,18,24H,5-11H2,(H,19,25)/t15-/m1/s1. The van der Waals surface area contributed by atoms with Gasteiger partial charge in [-0.05, 0) is 17.7 Å². The molecule has 3 rings (SSSR count). The van der Waals surface area contributed by atoms with Gasteiger partial charge >= 0.3 is 0 Å². The Hall–Kier alpha value is -2.36. The van der Waals surface area contributed by atoms with Crippen LogP contribution in [0.15, 0.2) is 30.7 Å². The molecule has 1 fully saturated rings. The maximum atomic E-state index is 12.1. The molecular weight excluding hydrogens is 322 g/mol. The molecule has 1 saturated heterocycles. The Bertz CT molecular complexity index is 670. The molecule has 1 aliphatic heterocycles. The number of amides is 1. The molecule has 0 radical (unpaired) electrons. The molecule has 1 atom stereocenters. The summed E-state index contributed by atoms with van der Waals surface area (Å²) in [4.78, 5) is 18.4. The lowest BCUT2D eigenvalue weighted by atomic mass is 10.1. The molecule has 0 unspecified atom stereocenters. The average molecular weight is 345 g/mol. The van der Waals surface area contributed by atoms with Crippen molar-refractivity contribution >= 4 is 5.91 Å². The predicted octanol–water partition coefficient (Wildman–Crippen LogP) is -0.958. The van der Waals surface area contributed by atoms with Gasteiger partial charge < -0.3 is 15.7 Å². The second-order valence-corrected chi connectivity index (χ2v) is 5.96. The van der Waals surface area contributed by atoms with E-state index >= 15 is 0 Å². The molecule has 0 aliphatic carbocycles. The molecule has 9 heteroatoms. The van der Waals surface area contributed by atoms with E-state index in [0.29, 0.717) is 12.1 Å². The minimum atomic E-state index is -0.783. The van der Waals surface area contributed by atoms with Crippen molar-refractivity contribution in [1.82, 2.24) is 35.5 Å². The summed E-state index contributed by atoms with van der Waals surface area (Å²) in [5.41, 5.74) is 0.956. The Morgan fingerprint density at radius 3 is 2.80 bits per heavy atom. The Morgan fingerprint density at radius 1 is 1.28 bits per heavy atom. The fourth-order valence-corrected chi connectivity index (χ4v) is 2.67. The molecule has 9 nitrogen and oxygen atoms in total. The average Bonchev–Trinajstić information content (AvgIpc) is 3.15. The Balaban J connectivity index is 1.45. The number of nitrogens with zero attached hydrogens (tertiary/aromatic N) is 5. The van der Waals surface area contributed by atoms with Crippen molar-refractivity contribution in [2.75, 3.05) is 39.3 Å².